The largest absolute Gasteiger partial charge is 0.359 e. The van der Waals surface area contributed by atoms with Gasteiger partial charge in [0, 0.05) is 29.2 Å². The molecule has 0 saturated heterocycles. The van der Waals surface area contributed by atoms with Crippen LogP contribution in [0.1, 0.15) is 64.4 Å². The van der Waals surface area contributed by atoms with Crippen LogP contribution in [0.5, 0.6) is 0 Å². The quantitative estimate of drug-likeness (QED) is 0.470. The molecule has 0 aliphatic carbocycles. The third-order valence-electron chi connectivity index (χ3n) is 5.40. The normalized spacial score (nSPS) is 10.9. The van der Waals surface area contributed by atoms with E-state index in [9.17, 15) is 9.59 Å². The minimum absolute atomic E-state index is 0.0500. The van der Waals surface area contributed by atoms with Crippen molar-refractivity contribution in [3.8, 4) is 0 Å². The highest BCUT2D eigenvalue weighted by molar-refractivity contribution is 6.30. The van der Waals surface area contributed by atoms with Gasteiger partial charge in [-0.3, -0.25) is 9.59 Å². The lowest BCUT2D eigenvalue weighted by atomic mass is 10.1. The van der Waals surface area contributed by atoms with Crippen LogP contribution >= 0.6 is 11.6 Å². The molecule has 3 rings (SSSR count). The molecule has 0 radical (unpaired) electrons. The lowest BCUT2D eigenvalue weighted by Gasteiger charge is -2.29. The maximum Gasteiger partial charge on any atom is 0.273 e. The van der Waals surface area contributed by atoms with Crippen molar-refractivity contribution >= 4 is 23.4 Å². The van der Waals surface area contributed by atoms with Crippen LogP contribution in [-0.4, -0.2) is 27.9 Å². The maximum absolute atomic E-state index is 13.2. The molecule has 168 valence electrons. The zero-order valence-corrected chi connectivity index (χ0v) is 19.4. The number of aryl methyl sites for hydroxylation is 1. The Kier molecular flexibility index (Phi) is 8.06. The van der Waals surface area contributed by atoms with Crippen LogP contribution in [0, 0.1) is 6.92 Å². The molecular weight excluding hydrogens is 426 g/mol. The zero-order chi connectivity index (χ0) is 23.1. The molecule has 1 aromatic heterocycles. The number of rotatable bonds is 9. The zero-order valence-electron chi connectivity index (χ0n) is 18.6. The SMILES string of the molecule is CCC(CC)N(Cc1cc(C(=O)NCc2cccc(Cl)c2)no1)C(=O)c1ccc(C)cc1. The Balaban J connectivity index is 1.71. The Morgan fingerprint density at radius 2 is 1.81 bits per heavy atom. The van der Waals surface area contributed by atoms with Crippen molar-refractivity contribution in [1.82, 2.24) is 15.4 Å². The Bertz CT molecular complexity index is 1060. The second-order valence-electron chi connectivity index (χ2n) is 7.76. The van der Waals surface area contributed by atoms with Gasteiger partial charge < -0.3 is 14.7 Å². The van der Waals surface area contributed by atoms with E-state index in [2.05, 4.69) is 24.3 Å². The summed E-state index contributed by atoms with van der Waals surface area (Å²) < 4.78 is 5.41. The van der Waals surface area contributed by atoms with E-state index in [1.165, 1.54) is 0 Å². The third-order valence-corrected chi connectivity index (χ3v) is 5.64. The first-order valence-electron chi connectivity index (χ1n) is 10.8. The summed E-state index contributed by atoms with van der Waals surface area (Å²) in [6, 6.07) is 16.4. The summed E-state index contributed by atoms with van der Waals surface area (Å²) in [6.07, 6.45) is 1.63. The number of aromatic nitrogens is 1. The number of amides is 2. The van der Waals surface area contributed by atoms with Crippen LogP contribution in [-0.2, 0) is 13.1 Å². The third kappa shape index (κ3) is 5.98. The fourth-order valence-corrected chi connectivity index (χ4v) is 3.75. The van der Waals surface area contributed by atoms with Gasteiger partial charge in [-0.05, 0) is 49.6 Å². The van der Waals surface area contributed by atoms with Crippen molar-refractivity contribution in [2.45, 2.75) is 52.7 Å². The van der Waals surface area contributed by atoms with Gasteiger partial charge >= 0.3 is 0 Å². The Hall–Kier alpha value is -3.12. The topological polar surface area (TPSA) is 75.4 Å². The smallest absolute Gasteiger partial charge is 0.273 e. The van der Waals surface area contributed by atoms with Gasteiger partial charge in [0.15, 0.2) is 11.5 Å². The molecule has 0 aliphatic rings. The molecule has 0 aliphatic heterocycles. The summed E-state index contributed by atoms with van der Waals surface area (Å²) in [4.78, 5) is 27.5. The fraction of sp³-hybridized carbons (Fsp3) is 0.320. The highest BCUT2D eigenvalue weighted by Crippen LogP contribution is 2.19. The predicted octanol–water partition coefficient (Wildman–Crippen LogP) is 5.40. The molecule has 0 unspecified atom stereocenters. The van der Waals surface area contributed by atoms with Gasteiger partial charge in [0.25, 0.3) is 11.8 Å². The van der Waals surface area contributed by atoms with E-state index in [4.69, 9.17) is 16.1 Å². The Labute approximate surface area is 193 Å². The fourth-order valence-electron chi connectivity index (χ4n) is 3.54. The summed E-state index contributed by atoms with van der Waals surface area (Å²) in [5.74, 6) is 0.0474. The lowest BCUT2D eigenvalue weighted by Crippen LogP contribution is -2.39. The molecule has 32 heavy (non-hydrogen) atoms. The number of carbonyl (C=O) groups is 2. The first kappa shape index (κ1) is 23.5. The number of hydrogen-bond donors (Lipinski definition) is 1. The molecule has 0 saturated carbocycles. The summed E-state index contributed by atoms with van der Waals surface area (Å²) >= 11 is 5.98. The minimum Gasteiger partial charge on any atom is -0.359 e. The van der Waals surface area contributed by atoms with Crippen LogP contribution in [0.3, 0.4) is 0 Å². The number of nitrogens with one attached hydrogen (secondary N) is 1. The first-order valence-corrected chi connectivity index (χ1v) is 11.1. The van der Waals surface area contributed by atoms with E-state index < -0.39 is 0 Å². The van der Waals surface area contributed by atoms with Crippen LogP contribution in [0.4, 0.5) is 0 Å². The highest BCUT2D eigenvalue weighted by Gasteiger charge is 2.25. The van der Waals surface area contributed by atoms with Crippen molar-refractivity contribution in [3.63, 3.8) is 0 Å². The predicted molar refractivity (Wildman–Crippen MR) is 125 cm³/mol. The van der Waals surface area contributed by atoms with Gasteiger partial charge in [0.1, 0.15) is 0 Å². The van der Waals surface area contributed by atoms with Gasteiger partial charge in [0.05, 0.1) is 6.54 Å². The molecule has 0 bridgehead atoms. The highest BCUT2D eigenvalue weighted by atomic mass is 35.5. The first-order chi connectivity index (χ1) is 15.4. The molecule has 0 spiro atoms. The molecule has 0 atom stereocenters. The van der Waals surface area contributed by atoms with Gasteiger partial charge in [-0.2, -0.15) is 0 Å². The van der Waals surface area contributed by atoms with E-state index in [1.807, 2.05) is 43.3 Å². The summed E-state index contributed by atoms with van der Waals surface area (Å²) in [6.45, 7) is 6.67. The van der Waals surface area contributed by atoms with Crippen LogP contribution in [0.25, 0.3) is 0 Å². The molecule has 0 fully saturated rings. The second-order valence-corrected chi connectivity index (χ2v) is 8.20. The molecular formula is C25H28ClN3O3. The van der Waals surface area contributed by atoms with E-state index in [1.54, 1.807) is 23.1 Å². The van der Waals surface area contributed by atoms with E-state index in [-0.39, 0.29) is 30.1 Å². The average Bonchev–Trinajstić information content (AvgIpc) is 3.26. The van der Waals surface area contributed by atoms with E-state index >= 15 is 0 Å². The van der Waals surface area contributed by atoms with Crippen molar-refractivity contribution in [2.75, 3.05) is 0 Å². The lowest BCUT2D eigenvalue weighted by molar-refractivity contribution is 0.0627. The van der Waals surface area contributed by atoms with Crippen LogP contribution < -0.4 is 5.32 Å². The van der Waals surface area contributed by atoms with Gasteiger partial charge in [-0.1, -0.05) is 60.4 Å². The molecule has 1 heterocycles. The second kappa shape index (κ2) is 11.0. The summed E-state index contributed by atoms with van der Waals surface area (Å²) in [5.41, 5.74) is 2.79. The number of nitrogens with zero attached hydrogens (tertiary/aromatic N) is 2. The molecule has 7 heteroatoms. The number of carbonyl (C=O) groups excluding carboxylic acids is 2. The van der Waals surface area contributed by atoms with Crippen molar-refractivity contribution < 1.29 is 14.1 Å². The maximum atomic E-state index is 13.2. The van der Waals surface area contributed by atoms with Crippen molar-refractivity contribution in [3.05, 3.63) is 87.8 Å². The van der Waals surface area contributed by atoms with Gasteiger partial charge in [0.2, 0.25) is 0 Å². The van der Waals surface area contributed by atoms with Crippen molar-refractivity contribution in [1.29, 1.82) is 0 Å². The Morgan fingerprint density at radius 1 is 1.09 bits per heavy atom. The molecule has 3 aromatic rings. The van der Waals surface area contributed by atoms with E-state index in [0.717, 1.165) is 24.0 Å². The molecule has 6 nitrogen and oxygen atoms in total. The number of benzene rings is 2. The molecule has 2 amide bonds. The summed E-state index contributed by atoms with van der Waals surface area (Å²) in [5, 5.41) is 7.32. The van der Waals surface area contributed by atoms with Gasteiger partial charge in [-0.15, -0.1) is 0 Å². The monoisotopic (exact) mass is 453 g/mol. The summed E-state index contributed by atoms with van der Waals surface area (Å²) in [7, 11) is 0. The van der Waals surface area contributed by atoms with Crippen LogP contribution in [0.15, 0.2) is 59.1 Å². The minimum atomic E-state index is -0.348. The number of hydrogen-bond acceptors (Lipinski definition) is 4. The van der Waals surface area contributed by atoms with Crippen molar-refractivity contribution in [2.24, 2.45) is 0 Å². The standard InChI is InChI=1S/C25H28ClN3O3/c1-4-21(5-2)29(25(31)19-11-9-17(3)10-12-19)16-22-14-23(28-32-22)24(30)27-15-18-7-6-8-20(26)13-18/h6-14,21H,4-5,15-16H2,1-3H3,(H,27,30). The number of halogens is 1. The molecule has 1 N–H and O–H groups in total. The van der Waals surface area contributed by atoms with Gasteiger partial charge in [-0.25, -0.2) is 0 Å². The molecule has 2 aromatic carbocycles. The van der Waals surface area contributed by atoms with Crippen LogP contribution in [0.2, 0.25) is 5.02 Å². The van der Waals surface area contributed by atoms with E-state index in [0.29, 0.717) is 22.9 Å². The Morgan fingerprint density at radius 3 is 2.47 bits per heavy atom. The average molecular weight is 454 g/mol.